The number of nitrogens with zero attached hydrogens (tertiary/aromatic N) is 1. The first-order chi connectivity index (χ1) is 15.3. The van der Waals surface area contributed by atoms with E-state index in [0.29, 0.717) is 18.7 Å². The van der Waals surface area contributed by atoms with E-state index >= 15 is 0 Å². The van der Waals surface area contributed by atoms with Crippen LogP contribution >= 0.6 is 0 Å². The number of hydroxylamine groups is 1. The van der Waals surface area contributed by atoms with E-state index in [1.807, 2.05) is 38.1 Å². The first kappa shape index (κ1) is 23.6. The van der Waals surface area contributed by atoms with Crippen LogP contribution in [-0.4, -0.2) is 34.0 Å². The number of phenolic OH excluding ortho intramolecular Hbond substituents is 2. The van der Waals surface area contributed by atoms with Crippen LogP contribution in [0.3, 0.4) is 0 Å². The van der Waals surface area contributed by atoms with Crippen LogP contribution in [0.5, 0.6) is 11.5 Å². The fourth-order valence-corrected chi connectivity index (χ4v) is 4.05. The standard InChI is InChI=1S/C25H32N2O5/c1-16(2)20-12-21(23(29)13-22(20)28)24(30)27(3)15-18-8-6-7-17(11-18)14-26-32-25(31)19-9-4-5-10-19/h6-8,11-13,16,19,26,28-29H,4-5,9-10,14-15H2,1-3H3. The topological polar surface area (TPSA) is 99.1 Å². The molecule has 0 unspecified atom stereocenters. The van der Waals surface area contributed by atoms with Gasteiger partial charge in [0.05, 0.1) is 18.0 Å². The van der Waals surface area contributed by atoms with E-state index < -0.39 is 0 Å². The summed E-state index contributed by atoms with van der Waals surface area (Å²) >= 11 is 0. The molecule has 0 aliphatic heterocycles. The van der Waals surface area contributed by atoms with Gasteiger partial charge in [-0.15, -0.1) is 5.48 Å². The van der Waals surface area contributed by atoms with Gasteiger partial charge in [0.15, 0.2) is 0 Å². The molecular weight excluding hydrogens is 408 g/mol. The van der Waals surface area contributed by atoms with Crippen molar-refractivity contribution in [3.8, 4) is 11.5 Å². The highest BCUT2D eigenvalue weighted by molar-refractivity contribution is 5.97. The number of benzene rings is 2. The van der Waals surface area contributed by atoms with Crippen molar-refractivity contribution in [2.75, 3.05) is 7.05 Å². The first-order valence-electron chi connectivity index (χ1n) is 11.1. The van der Waals surface area contributed by atoms with Crippen LogP contribution in [0.4, 0.5) is 0 Å². The number of nitrogens with one attached hydrogen (secondary N) is 1. The SMILES string of the molecule is CC(C)c1cc(C(=O)N(C)Cc2cccc(CNOC(=O)C3CCCC3)c2)c(O)cc1O. The molecule has 172 valence electrons. The van der Waals surface area contributed by atoms with Crippen molar-refractivity contribution in [1.29, 1.82) is 0 Å². The lowest BCUT2D eigenvalue weighted by molar-refractivity contribution is -0.156. The van der Waals surface area contributed by atoms with Gasteiger partial charge in [-0.2, -0.15) is 0 Å². The normalized spacial score (nSPS) is 14.0. The van der Waals surface area contributed by atoms with Gasteiger partial charge < -0.3 is 20.0 Å². The molecule has 0 spiro atoms. The first-order valence-corrected chi connectivity index (χ1v) is 11.1. The van der Waals surface area contributed by atoms with E-state index in [1.54, 1.807) is 13.1 Å². The number of hydrogen-bond donors (Lipinski definition) is 3. The minimum Gasteiger partial charge on any atom is -0.508 e. The number of hydrogen-bond acceptors (Lipinski definition) is 6. The molecule has 1 aliphatic rings. The zero-order valence-corrected chi connectivity index (χ0v) is 18.9. The summed E-state index contributed by atoms with van der Waals surface area (Å²) in [5.41, 5.74) is 5.35. The van der Waals surface area contributed by atoms with E-state index in [1.165, 1.54) is 11.0 Å². The lowest BCUT2D eigenvalue weighted by Crippen LogP contribution is -2.26. The van der Waals surface area contributed by atoms with Crippen LogP contribution < -0.4 is 5.48 Å². The van der Waals surface area contributed by atoms with Crippen molar-refractivity contribution in [3.05, 3.63) is 58.7 Å². The molecule has 1 fully saturated rings. The minimum absolute atomic E-state index is 0.000947. The summed E-state index contributed by atoms with van der Waals surface area (Å²) in [5, 5.41) is 20.2. The van der Waals surface area contributed by atoms with Gasteiger partial charge in [-0.05, 0) is 41.5 Å². The fraction of sp³-hybridized carbons (Fsp3) is 0.440. The molecule has 0 radical (unpaired) electrons. The van der Waals surface area contributed by atoms with Gasteiger partial charge in [0.2, 0.25) is 0 Å². The summed E-state index contributed by atoms with van der Waals surface area (Å²) in [5.74, 6) is -0.784. The molecule has 2 aromatic carbocycles. The third-order valence-corrected chi connectivity index (χ3v) is 5.89. The van der Waals surface area contributed by atoms with Crippen molar-refractivity contribution >= 4 is 11.9 Å². The van der Waals surface area contributed by atoms with Crippen LogP contribution in [0.2, 0.25) is 0 Å². The summed E-state index contributed by atoms with van der Waals surface area (Å²) in [6, 6.07) is 10.4. The fourth-order valence-electron chi connectivity index (χ4n) is 4.05. The number of carbonyl (C=O) groups is 2. The third-order valence-electron chi connectivity index (χ3n) is 5.89. The molecule has 1 amide bonds. The van der Waals surface area contributed by atoms with Crippen LogP contribution in [-0.2, 0) is 22.7 Å². The maximum atomic E-state index is 12.9. The highest BCUT2D eigenvalue weighted by Crippen LogP contribution is 2.33. The maximum Gasteiger partial charge on any atom is 0.327 e. The predicted octanol–water partition coefficient (Wildman–Crippen LogP) is 4.23. The summed E-state index contributed by atoms with van der Waals surface area (Å²) in [6.07, 6.45) is 3.95. The van der Waals surface area contributed by atoms with Crippen molar-refractivity contribution in [2.45, 2.75) is 58.5 Å². The van der Waals surface area contributed by atoms with E-state index in [0.717, 1.165) is 36.8 Å². The lowest BCUT2D eigenvalue weighted by Gasteiger charge is -2.20. The van der Waals surface area contributed by atoms with Gasteiger partial charge in [-0.3, -0.25) is 9.59 Å². The minimum atomic E-state index is -0.335. The van der Waals surface area contributed by atoms with Crippen LogP contribution in [0, 0.1) is 5.92 Å². The Morgan fingerprint density at radius 1 is 1.09 bits per heavy atom. The van der Waals surface area contributed by atoms with Crippen molar-refractivity contribution in [3.63, 3.8) is 0 Å². The average Bonchev–Trinajstić information content (AvgIpc) is 3.28. The van der Waals surface area contributed by atoms with Gasteiger partial charge in [0.25, 0.3) is 5.91 Å². The summed E-state index contributed by atoms with van der Waals surface area (Å²) in [4.78, 5) is 31.7. The molecule has 3 rings (SSSR count). The number of aromatic hydroxyl groups is 2. The van der Waals surface area contributed by atoms with Gasteiger partial charge in [-0.1, -0.05) is 51.0 Å². The van der Waals surface area contributed by atoms with Gasteiger partial charge in [0.1, 0.15) is 11.5 Å². The lowest BCUT2D eigenvalue weighted by atomic mass is 9.98. The molecule has 0 aromatic heterocycles. The Bertz CT molecular complexity index is 967. The van der Waals surface area contributed by atoms with Crippen molar-refractivity contribution < 1.29 is 24.6 Å². The Labute approximate surface area is 189 Å². The van der Waals surface area contributed by atoms with Crippen LogP contribution in [0.25, 0.3) is 0 Å². The van der Waals surface area contributed by atoms with E-state index in [4.69, 9.17) is 4.84 Å². The molecule has 7 heteroatoms. The van der Waals surface area contributed by atoms with Gasteiger partial charge >= 0.3 is 5.97 Å². The molecule has 0 bridgehead atoms. The van der Waals surface area contributed by atoms with Crippen LogP contribution in [0.15, 0.2) is 36.4 Å². The summed E-state index contributed by atoms with van der Waals surface area (Å²) in [6.45, 7) is 4.54. The highest BCUT2D eigenvalue weighted by atomic mass is 16.7. The maximum absolute atomic E-state index is 12.9. The molecular formula is C25H32N2O5. The zero-order chi connectivity index (χ0) is 23.3. The molecule has 7 nitrogen and oxygen atoms in total. The Morgan fingerprint density at radius 2 is 1.78 bits per heavy atom. The second kappa shape index (κ2) is 10.5. The third kappa shape index (κ3) is 5.79. The monoisotopic (exact) mass is 440 g/mol. The zero-order valence-electron chi connectivity index (χ0n) is 18.9. The molecule has 0 atom stereocenters. The van der Waals surface area contributed by atoms with E-state index in [9.17, 15) is 19.8 Å². The number of amides is 1. The molecule has 3 N–H and O–H groups in total. The second-order valence-corrected chi connectivity index (χ2v) is 8.79. The predicted molar refractivity (Wildman–Crippen MR) is 121 cm³/mol. The smallest absolute Gasteiger partial charge is 0.327 e. The summed E-state index contributed by atoms with van der Waals surface area (Å²) < 4.78 is 0. The molecule has 2 aromatic rings. The number of carbonyl (C=O) groups excluding carboxylic acids is 2. The Balaban J connectivity index is 1.60. The van der Waals surface area contributed by atoms with E-state index in [-0.39, 0.29) is 40.8 Å². The number of phenols is 2. The molecule has 0 saturated heterocycles. The van der Waals surface area contributed by atoms with E-state index in [2.05, 4.69) is 5.48 Å². The largest absolute Gasteiger partial charge is 0.508 e. The second-order valence-electron chi connectivity index (χ2n) is 8.79. The van der Waals surface area contributed by atoms with Crippen molar-refractivity contribution in [2.24, 2.45) is 5.92 Å². The van der Waals surface area contributed by atoms with Crippen molar-refractivity contribution in [1.82, 2.24) is 10.4 Å². The highest BCUT2D eigenvalue weighted by Gasteiger charge is 2.24. The molecule has 0 heterocycles. The number of rotatable bonds is 8. The summed E-state index contributed by atoms with van der Waals surface area (Å²) in [7, 11) is 1.66. The Morgan fingerprint density at radius 3 is 2.47 bits per heavy atom. The van der Waals surface area contributed by atoms with Gasteiger partial charge in [0, 0.05) is 19.7 Å². The molecule has 32 heavy (non-hydrogen) atoms. The Hall–Kier alpha value is -3.06. The molecule has 1 aliphatic carbocycles. The van der Waals surface area contributed by atoms with Crippen LogP contribution in [0.1, 0.15) is 72.5 Å². The quantitative estimate of drug-likeness (QED) is 0.531. The Kier molecular flexibility index (Phi) is 7.75. The molecule has 1 saturated carbocycles. The average molecular weight is 441 g/mol. The van der Waals surface area contributed by atoms with Gasteiger partial charge in [-0.25, -0.2) is 0 Å².